The molecule has 1 fully saturated rings. The average molecular weight is 1430 g/mol. The summed E-state index contributed by atoms with van der Waals surface area (Å²) in [6.07, 6.45) is 2.70. The van der Waals surface area contributed by atoms with Gasteiger partial charge in [-0.15, -0.1) is 0 Å². The number of benzene rings is 4. The molecule has 0 bridgehead atoms. The van der Waals surface area contributed by atoms with Crippen LogP contribution in [0.15, 0.2) is 121 Å². The Morgan fingerprint density at radius 1 is 0.569 bits per heavy atom. The Morgan fingerprint density at radius 2 is 1.07 bits per heavy atom. The number of hydrogen-bond acceptors (Lipinski definition) is 16. The standard InChI is InChI=1S/C70H92ClN17O14/c1-39(2)31-52(61(94)82-51(15-9-28-77-69(73)74)68(101)88-30-10-16-58(88)67(100)79-40(3)59(72)92)83-60(93)50(14-8-29-78-70(75)102)81-63(96)54(34-43-20-25-49(91)26-21-43)86-66(99)57(38-89)87-65(98)56(36-45-11-7-27-76-37-45)85-64(97)55(33-42-18-23-48(71)24-19-42)84-62(95)53(80-41(4)90)35-44-17-22-46-12-5-6-13-47(46)32-44/h5-7,11-13,17-27,32,37,39-40,50-58,89,91H,8-10,14-16,28-31,33-36,38H2,1-4H3,(H2,72,92)(H,79,100)(H,80,90)(H,81,96)(H,82,94)(H,83,93)(H,84,95)(H,85,97)(H,86,99)(H,87,98)(H4,73,74,77)(H3,75,78,102)/t40-,50-,51-,52+,53-,54+,55-,56-,57+,58+/m1/s1. The van der Waals surface area contributed by atoms with Crippen LogP contribution in [0.3, 0.4) is 0 Å². The van der Waals surface area contributed by atoms with Crippen LogP contribution in [-0.4, -0.2) is 184 Å². The fraction of sp³-hybridized carbons (Fsp3) is 0.429. The lowest BCUT2D eigenvalue weighted by molar-refractivity contribution is -0.142. The number of nitrogens with one attached hydrogen (secondary N) is 10. The summed E-state index contributed by atoms with van der Waals surface area (Å²) in [4.78, 5) is 176. The van der Waals surface area contributed by atoms with E-state index in [0.717, 1.165) is 10.8 Å². The number of aliphatic imine (C=N–C) groups is 1. The minimum absolute atomic E-state index is 0.000209. The van der Waals surface area contributed by atoms with E-state index >= 15 is 0 Å². The van der Waals surface area contributed by atoms with Crippen LogP contribution in [0.2, 0.25) is 5.02 Å². The molecule has 0 unspecified atom stereocenters. The van der Waals surface area contributed by atoms with Gasteiger partial charge in [0.05, 0.1) is 6.61 Å². The van der Waals surface area contributed by atoms with E-state index in [9.17, 15) is 67.7 Å². The topological polar surface area (TPSA) is 498 Å². The van der Waals surface area contributed by atoms with E-state index in [0.29, 0.717) is 33.7 Å². The second-order valence-electron chi connectivity index (χ2n) is 25.4. The van der Waals surface area contributed by atoms with Crippen molar-refractivity contribution in [2.45, 2.75) is 159 Å². The predicted molar refractivity (Wildman–Crippen MR) is 378 cm³/mol. The summed E-state index contributed by atoms with van der Waals surface area (Å²) in [6.45, 7) is 5.15. The summed E-state index contributed by atoms with van der Waals surface area (Å²) in [5.41, 5.74) is 23.9. The van der Waals surface area contributed by atoms with Gasteiger partial charge in [0.15, 0.2) is 5.96 Å². The molecule has 31 nitrogen and oxygen atoms in total. The summed E-state index contributed by atoms with van der Waals surface area (Å²) in [5, 5.41) is 49.5. The number of phenolic OH excluding ortho intramolecular Hbond substituents is 1. The van der Waals surface area contributed by atoms with Crippen LogP contribution in [-0.2, 0) is 78.4 Å². The molecular formula is C70H92ClN17O14. The number of aromatic nitrogens is 1. The number of pyridine rings is 1. The first kappa shape index (κ1) is 80.0. The second-order valence-corrected chi connectivity index (χ2v) is 25.8. The van der Waals surface area contributed by atoms with Gasteiger partial charge in [0, 0.05) is 69.7 Å². The highest BCUT2D eigenvalue weighted by Crippen LogP contribution is 2.22. The normalized spacial score (nSPS) is 15.2. The molecule has 0 saturated carbocycles. The molecular weight excluding hydrogens is 1340 g/mol. The van der Waals surface area contributed by atoms with Crippen LogP contribution in [0, 0.1) is 5.92 Å². The third kappa shape index (κ3) is 26.0. The predicted octanol–water partition coefficient (Wildman–Crippen LogP) is -0.716. The number of hydrogen-bond donors (Lipinski definition) is 16. The van der Waals surface area contributed by atoms with Gasteiger partial charge in [0.25, 0.3) is 0 Å². The number of aliphatic hydroxyl groups excluding tert-OH is 1. The molecule has 20 N–H and O–H groups in total. The fourth-order valence-corrected chi connectivity index (χ4v) is 11.5. The van der Waals surface area contributed by atoms with Crippen LogP contribution in [0.1, 0.15) is 94.9 Å². The van der Waals surface area contributed by atoms with Gasteiger partial charge in [-0.1, -0.05) is 98.2 Å². The number of halogens is 1. The summed E-state index contributed by atoms with van der Waals surface area (Å²) in [5.74, 6) is -9.82. The van der Waals surface area contributed by atoms with E-state index < -0.39 is 138 Å². The molecule has 2 heterocycles. The van der Waals surface area contributed by atoms with E-state index in [1.807, 2.05) is 42.5 Å². The number of rotatable bonds is 38. The summed E-state index contributed by atoms with van der Waals surface area (Å²) in [6, 6.07) is 13.5. The van der Waals surface area contributed by atoms with Crippen LogP contribution in [0.25, 0.3) is 10.8 Å². The third-order valence-electron chi connectivity index (χ3n) is 16.7. The number of aliphatic hydroxyl groups is 1. The molecule has 5 aromatic rings. The molecule has 13 amide bonds. The Balaban J connectivity index is 1.26. The number of primary amides is 2. The zero-order valence-electron chi connectivity index (χ0n) is 57.2. The highest BCUT2D eigenvalue weighted by atomic mass is 35.5. The van der Waals surface area contributed by atoms with E-state index in [1.165, 1.54) is 55.4 Å². The summed E-state index contributed by atoms with van der Waals surface area (Å²) >= 11 is 6.23. The number of carbonyl (C=O) groups excluding carboxylic acids is 12. The van der Waals surface area contributed by atoms with Gasteiger partial charge in [-0.25, -0.2) is 4.79 Å². The van der Waals surface area contributed by atoms with Crippen molar-refractivity contribution in [3.05, 3.63) is 143 Å². The van der Waals surface area contributed by atoms with Gasteiger partial charge in [0.2, 0.25) is 65.0 Å². The maximum atomic E-state index is 14.9. The molecule has 6 rings (SSSR count). The van der Waals surface area contributed by atoms with Gasteiger partial charge < -0.3 is 91.2 Å². The van der Waals surface area contributed by atoms with E-state index in [1.54, 1.807) is 50.2 Å². The lowest BCUT2D eigenvalue weighted by atomic mass is 9.99. The molecule has 32 heteroatoms. The first-order valence-electron chi connectivity index (χ1n) is 33.5. The highest BCUT2D eigenvalue weighted by molar-refractivity contribution is 6.30. The fourth-order valence-electron chi connectivity index (χ4n) is 11.4. The number of aromatic hydroxyl groups is 1. The quantitative estimate of drug-likeness (QED) is 0.0132. The van der Waals surface area contributed by atoms with Crippen LogP contribution < -0.4 is 76.1 Å². The van der Waals surface area contributed by atoms with Crippen molar-refractivity contribution in [2.24, 2.45) is 33.8 Å². The number of fused-ring (bicyclic) bond motifs is 1. The van der Waals surface area contributed by atoms with Gasteiger partial charge in [-0.3, -0.25) is 62.7 Å². The number of nitrogens with zero attached hydrogens (tertiary/aromatic N) is 3. The second kappa shape index (κ2) is 39.7. The molecule has 0 spiro atoms. The molecule has 10 atom stereocenters. The zero-order chi connectivity index (χ0) is 74.6. The lowest BCUT2D eigenvalue weighted by Crippen LogP contribution is -2.61. The number of guanidine groups is 1. The maximum Gasteiger partial charge on any atom is 0.312 e. The number of nitrogens with two attached hydrogens (primary N) is 4. The molecule has 1 aromatic heterocycles. The van der Waals surface area contributed by atoms with Crippen molar-refractivity contribution in [2.75, 3.05) is 26.2 Å². The van der Waals surface area contributed by atoms with Crippen molar-refractivity contribution in [1.82, 2.24) is 63.1 Å². The van der Waals surface area contributed by atoms with Crippen molar-refractivity contribution in [3.8, 4) is 5.75 Å². The van der Waals surface area contributed by atoms with Crippen molar-refractivity contribution >= 4 is 99.3 Å². The van der Waals surface area contributed by atoms with Gasteiger partial charge in [-0.05, 0) is 121 Å². The van der Waals surface area contributed by atoms with Crippen molar-refractivity contribution < 1.29 is 67.7 Å². The van der Waals surface area contributed by atoms with E-state index in [2.05, 4.69) is 63.1 Å². The molecule has 1 aliphatic rings. The van der Waals surface area contributed by atoms with E-state index in [4.69, 9.17) is 34.5 Å². The summed E-state index contributed by atoms with van der Waals surface area (Å²) in [7, 11) is 0. The first-order valence-corrected chi connectivity index (χ1v) is 33.8. The van der Waals surface area contributed by atoms with Crippen LogP contribution in [0.4, 0.5) is 4.79 Å². The molecule has 1 aliphatic heterocycles. The monoisotopic (exact) mass is 1430 g/mol. The first-order chi connectivity index (χ1) is 48.6. The van der Waals surface area contributed by atoms with E-state index in [-0.39, 0.29) is 101 Å². The Kier molecular flexibility index (Phi) is 31.2. The summed E-state index contributed by atoms with van der Waals surface area (Å²) < 4.78 is 0. The Morgan fingerprint density at radius 3 is 1.63 bits per heavy atom. The zero-order valence-corrected chi connectivity index (χ0v) is 58.0. The lowest BCUT2D eigenvalue weighted by Gasteiger charge is -2.31. The van der Waals surface area contributed by atoms with Crippen LogP contribution in [0.5, 0.6) is 5.75 Å². The Hall–Kier alpha value is -10.9. The number of carbonyl (C=O) groups is 12. The van der Waals surface area contributed by atoms with Gasteiger partial charge >= 0.3 is 6.03 Å². The Bertz CT molecular complexity index is 3770. The molecule has 1 saturated heterocycles. The number of phenols is 1. The molecule has 0 aliphatic carbocycles. The number of amides is 13. The number of urea groups is 1. The largest absolute Gasteiger partial charge is 0.508 e. The highest BCUT2D eigenvalue weighted by Gasteiger charge is 2.40. The molecule has 548 valence electrons. The smallest absolute Gasteiger partial charge is 0.312 e. The molecule has 0 radical (unpaired) electrons. The van der Waals surface area contributed by atoms with Crippen molar-refractivity contribution in [3.63, 3.8) is 0 Å². The van der Waals surface area contributed by atoms with Gasteiger partial charge in [-0.2, -0.15) is 0 Å². The van der Waals surface area contributed by atoms with Crippen molar-refractivity contribution in [1.29, 1.82) is 0 Å². The average Bonchev–Trinajstić information content (AvgIpc) is 1.13. The SMILES string of the molecule is CC(=O)N[C@H](Cc1ccc2ccccc2c1)C(=O)N[C@H](Cc1ccc(Cl)cc1)C(=O)N[C@H](Cc1cccnc1)C(=O)N[C@@H](CO)C(=O)N[C@@H](Cc1ccc(O)cc1)C(=O)N[C@H](CCCNC(N)=O)C(=O)N[C@@H](CC(C)C)C(=O)N[C@H](CCCN=C(N)N)C(=O)N1CCC[C@H]1C(=O)N[C@H](C)C(N)=O. The third-order valence-corrected chi connectivity index (χ3v) is 16.9. The number of likely N-dealkylation sites (tertiary alicyclic amines) is 1. The Labute approximate surface area is 595 Å². The molecule has 4 aromatic carbocycles. The minimum Gasteiger partial charge on any atom is -0.508 e. The minimum atomic E-state index is -1.85. The maximum absolute atomic E-state index is 14.9. The molecule has 102 heavy (non-hydrogen) atoms. The van der Waals surface area contributed by atoms with Crippen LogP contribution >= 0.6 is 11.6 Å². The van der Waals surface area contributed by atoms with Gasteiger partial charge in [0.1, 0.15) is 66.2 Å².